The predicted molar refractivity (Wildman–Crippen MR) is 132 cm³/mol. The maximum atomic E-state index is 3.53. The maximum absolute atomic E-state index is 3.53. The monoisotopic (exact) mass is 393 g/mol. The number of allylic oxidation sites excluding steroid dienone is 4. The van der Waals surface area contributed by atoms with Crippen molar-refractivity contribution < 1.29 is 0 Å². The molecule has 0 atom stereocenters. The van der Waals surface area contributed by atoms with Gasteiger partial charge < -0.3 is 5.32 Å². The summed E-state index contributed by atoms with van der Waals surface area (Å²) in [5.74, 6) is 2.95. The molecule has 0 fully saturated rings. The van der Waals surface area contributed by atoms with Gasteiger partial charge in [-0.1, -0.05) is 94.2 Å². The first kappa shape index (κ1) is 29.5. The van der Waals surface area contributed by atoms with Gasteiger partial charge in [-0.15, -0.1) is 0 Å². The average Bonchev–Trinajstić information content (AvgIpc) is 2.71. The molecule has 0 spiro atoms. The van der Waals surface area contributed by atoms with Crippen LogP contribution in [0.3, 0.4) is 0 Å². The molecular formula is C27H55N. The summed E-state index contributed by atoms with van der Waals surface area (Å²) < 4.78 is 0. The molecular weight excluding hydrogens is 338 g/mol. The number of nitrogens with one attached hydrogen (secondary N) is 1. The highest BCUT2D eigenvalue weighted by atomic mass is 14.9. The normalized spacial score (nSPS) is 16.9. The van der Waals surface area contributed by atoms with Gasteiger partial charge in [0.25, 0.3) is 0 Å². The Balaban J connectivity index is 0. The van der Waals surface area contributed by atoms with Crippen molar-refractivity contribution in [3.63, 3.8) is 0 Å². The fourth-order valence-corrected chi connectivity index (χ4v) is 4.20. The predicted octanol–water partition coefficient (Wildman–Crippen LogP) is 9.16. The molecule has 168 valence electrons. The smallest absolute Gasteiger partial charge is 0.0147 e. The lowest BCUT2D eigenvalue weighted by Crippen LogP contribution is -2.26. The SMILES string of the molecule is CC.CC.CC(C)C1=C(C(C)C)CCCC1.CC(C)C1=C(C(C)C)NCCC1. The van der Waals surface area contributed by atoms with Crippen LogP contribution in [0.2, 0.25) is 0 Å². The first-order valence-corrected chi connectivity index (χ1v) is 12.4. The first-order chi connectivity index (χ1) is 13.3. The summed E-state index contributed by atoms with van der Waals surface area (Å²) in [5.41, 5.74) is 6.68. The molecule has 0 aromatic heterocycles. The van der Waals surface area contributed by atoms with Crippen LogP contribution in [0.5, 0.6) is 0 Å². The maximum Gasteiger partial charge on any atom is 0.0147 e. The lowest BCUT2D eigenvalue weighted by molar-refractivity contribution is 0.534. The summed E-state index contributed by atoms with van der Waals surface area (Å²) in [6.45, 7) is 27.7. The van der Waals surface area contributed by atoms with Crippen molar-refractivity contribution in [3.8, 4) is 0 Å². The molecule has 0 aromatic rings. The van der Waals surface area contributed by atoms with Crippen LogP contribution < -0.4 is 5.32 Å². The van der Waals surface area contributed by atoms with Crippen LogP contribution in [0.15, 0.2) is 22.4 Å². The quantitative estimate of drug-likeness (QED) is 0.469. The molecule has 28 heavy (non-hydrogen) atoms. The Labute approximate surface area is 179 Å². The second kappa shape index (κ2) is 17.2. The molecule has 1 heteroatoms. The Kier molecular flexibility index (Phi) is 18.1. The van der Waals surface area contributed by atoms with Crippen LogP contribution in [-0.4, -0.2) is 6.54 Å². The van der Waals surface area contributed by atoms with Crippen molar-refractivity contribution in [2.24, 2.45) is 23.7 Å². The third kappa shape index (κ3) is 10.7. The lowest BCUT2D eigenvalue weighted by Gasteiger charge is -2.27. The lowest BCUT2D eigenvalue weighted by atomic mass is 9.81. The van der Waals surface area contributed by atoms with Crippen molar-refractivity contribution in [1.82, 2.24) is 5.32 Å². The van der Waals surface area contributed by atoms with Crippen molar-refractivity contribution >= 4 is 0 Å². The third-order valence-electron chi connectivity index (χ3n) is 5.51. The van der Waals surface area contributed by atoms with E-state index in [1.54, 1.807) is 16.7 Å². The first-order valence-electron chi connectivity index (χ1n) is 12.4. The molecule has 0 radical (unpaired) electrons. The molecule has 1 nitrogen and oxygen atoms in total. The Morgan fingerprint density at radius 2 is 0.857 bits per heavy atom. The summed E-state index contributed by atoms with van der Waals surface area (Å²) in [6, 6.07) is 0. The molecule has 0 saturated heterocycles. The fourth-order valence-electron chi connectivity index (χ4n) is 4.20. The molecule has 1 aliphatic heterocycles. The Morgan fingerprint density at radius 3 is 1.14 bits per heavy atom. The summed E-state index contributed by atoms with van der Waals surface area (Å²) in [7, 11) is 0. The molecule has 1 aliphatic carbocycles. The van der Waals surface area contributed by atoms with Crippen molar-refractivity contribution in [1.29, 1.82) is 0 Å². The molecule has 0 bridgehead atoms. The summed E-state index contributed by atoms with van der Waals surface area (Å²) in [6.07, 6.45) is 8.19. The van der Waals surface area contributed by atoms with E-state index in [4.69, 9.17) is 0 Å². The number of rotatable bonds is 4. The van der Waals surface area contributed by atoms with Gasteiger partial charge in [0.15, 0.2) is 0 Å². The molecule has 1 heterocycles. The number of hydrogen-bond acceptors (Lipinski definition) is 1. The van der Waals surface area contributed by atoms with Gasteiger partial charge in [-0.3, -0.25) is 0 Å². The zero-order valence-corrected chi connectivity index (χ0v) is 21.8. The van der Waals surface area contributed by atoms with Crippen LogP contribution in [0.4, 0.5) is 0 Å². The van der Waals surface area contributed by atoms with E-state index in [2.05, 4.69) is 60.7 Å². The highest BCUT2D eigenvalue weighted by Crippen LogP contribution is 2.33. The Bertz CT molecular complexity index is 353. The third-order valence-corrected chi connectivity index (χ3v) is 5.51. The molecule has 0 amide bonds. The van der Waals surface area contributed by atoms with Crippen molar-refractivity contribution in [3.05, 3.63) is 22.4 Å². The van der Waals surface area contributed by atoms with Gasteiger partial charge >= 0.3 is 0 Å². The van der Waals surface area contributed by atoms with Crippen LogP contribution >= 0.6 is 0 Å². The van der Waals surface area contributed by atoms with Gasteiger partial charge in [-0.2, -0.15) is 0 Å². The second-order valence-electron chi connectivity index (χ2n) is 8.85. The minimum atomic E-state index is 0.669. The Hall–Kier alpha value is -0.720. The zero-order chi connectivity index (χ0) is 22.3. The zero-order valence-electron chi connectivity index (χ0n) is 21.8. The van der Waals surface area contributed by atoms with Crippen LogP contribution in [0, 0.1) is 23.7 Å². The topological polar surface area (TPSA) is 12.0 Å². The Morgan fingerprint density at radius 1 is 0.500 bits per heavy atom. The summed E-state index contributed by atoms with van der Waals surface area (Å²) in [5, 5.41) is 3.53. The van der Waals surface area contributed by atoms with Gasteiger partial charge in [0.05, 0.1) is 0 Å². The molecule has 0 aromatic carbocycles. The van der Waals surface area contributed by atoms with E-state index in [0.29, 0.717) is 5.92 Å². The largest absolute Gasteiger partial charge is 0.388 e. The standard InChI is InChI=1S/C12H22.C11H21N.2C2H6/c1-9(2)11-7-5-6-8-12(11)10(3)4;1-8(2)10-6-5-7-12-11(10)9(3)4;2*1-2/h9-10H,5-8H2,1-4H3;8-9,12H,5-7H2,1-4H3;2*1-2H3. The van der Waals surface area contributed by atoms with Crippen molar-refractivity contribution in [2.45, 2.75) is 122 Å². The van der Waals surface area contributed by atoms with Gasteiger partial charge in [-0.05, 0) is 67.8 Å². The molecule has 2 rings (SSSR count). The minimum Gasteiger partial charge on any atom is -0.388 e. The number of hydrogen-bond donors (Lipinski definition) is 1. The molecule has 0 saturated carbocycles. The van der Waals surface area contributed by atoms with Gasteiger partial charge in [0.1, 0.15) is 0 Å². The molecule has 1 N–H and O–H groups in total. The van der Waals surface area contributed by atoms with E-state index < -0.39 is 0 Å². The van der Waals surface area contributed by atoms with E-state index >= 15 is 0 Å². The second-order valence-corrected chi connectivity index (χ2v) is 8.85. The van der Waals surface area contributed by atoms with Gasteiger partial charge in [0.2, 0.25) is 0 Å². The van der Waals surface area contributed by atoms with Crippen LogP contribution in [0.25, 0.3) is 0 Å². The minimum absolute atomic E-state index is 0.669. The van der Waals surface area contributed by atoms with E-state index in [-0.39, 0.29) is 0 Å². The van der Waals surface area contributed by atoms with Gasteiger partial charge in [-0.25, -0.2) is 0 Å². The van der Waals surface area contributed by atoms with Crippen molar-refractivity contribution in [2.75, 3.05) is 6.54 Å². The van der Waals surface area contributed by atoms with E-state index in [1.165, 1.54) is 50.8 Å². The van der Waals surface area contributed by atoms with Crippen LogP contribution in [0.1, 0.15) is 122 Å². The molecule has 0 unspecified atom stereocenters. The van der Waals surface area contributed by atoms with E-state index in [1.807, 2.05) is 27.7 Å². The highest BCUT2D eigenvalue weighted by molar-refractivity contribution is 5.20. The van der Waals surface area contributed by atoms with Gasteiger partial charge in [0, 0.05) is 12.2 Å². The summed E-state index contributed by atoms with van der Waals surface area (Å²) >= 11 is 0. The van der Waals surface area contributed by atoms with E-state index in [0.717, 1.165) is 17.8 Å². The van der Waals surface area contributed by atoms with Crippen LogP contribution in [-0.2, 0) is 0 Å². The van der Waals surface area contributed by atoms with E-state index in [9.17, 15) is 0 Å². The highest BCUT2D eigenvalue weighted by Gasteiger charge is 2.17. The average molecular weight is 394 g/mol. The molecule has 2 aliphatic rings. The summed E-state index contributed by atoms with van der Waals surface area (Å²) in [4.78, 5) is 0. The fraction of sp³-hybridized carbons (Fsp3) is 0.852.